The van der Waals surface area contributed by atoms with E-state index in [-0.39, 0.29) is 37.2 Å². The highest BCUT2D eigenvalue weighted by Crippen LogP contribution is 2.52. The summed E-state index contributed by atoms with van der Waals surface area (Å²) in [5, 5.41) is 0. The van der Waals surface area contributed by atoms with Crippen molar-refractivity contribution in [3.8, 4) is 0 Å². The second-order valence-corrected chi connectivity index (χ2v) is 7.38. The Balaban J connectivity index is 2.11. The van der Waals surface area contributed by atoms with Crippen molar-refractivity contribution < 1.29 is 33.4 Å². The normalized spacial score (nSPS) is 35.1. The Bertz CT molecular complexity index is 715. The highest BCUT2D eigenvalue weighted by Gasteiger charge is 2.67. The highest BCUT2D eigenvalue weighted by molar-refractivity contribution is 5.97. The number of nitrogens with zero attached hydrogens (tertiary/aromatic N) is 1. The smallest absolute Gasteiger partial charge is 0.327 e. The molecule has 0 aromatic carbocycles. The van der Waals surface area contributed by atoms with Gasteiger partial charge in [-0.05, 0) is 30.9 Å². The van der Waals surface area contributed by atoms with E-state index in [1.54, 1.807) is 17.9 Å². The standard InChI is InChI=1S/C19H25NO7/c1-5-27-18(24)19-7-12-10(2)14(21)6-11(12)8-20(19)9-13(16(22)25-3)15(19)17(23)26-4/h6,10,12-13,15H,5,7-9H2,1-4H3. The van der Waals surface area contributed by atoms with Crippen LogP contribution in [0.5, 0.6) is 0 Å². The van der Waals surface area contributed by atoms with Crippen molar-refractivity contribution in [3.63, 3.8) is 0 Å². The van der Waals surface area contributed by atoms with Gasteiger partial charge in [-0.1, -0.05) is 6.92 Å². The van der Waals surface area contributed by atoms with Crippen LogP contribution in [0.25, 0.3) is 0 Å². The predicted molar refractivity (Wildman–Crippen MR) is 92.3 cm³/mol. The Labute approximate surface area is 157 Å². The molecule has 2 heterocycles. The van der Waals surface area contributed by atoms with Gasteiger partial charge in [-0.15, -0.1) is 0 Å². The van der Waals surface area contributed by atoms with Crippen LogP contribution in [-0.4, -0.2) is 68.0 Å². The predicted octanol–water partition coefficient (Wildman–Crippen LogP) is 0.347. The van der Waals surface area contributed by atoms with Crippen molar-refractivity contribution in [2.24, 2.45) is 23.7 Å². The summed E-state index contributed by atoms with van der Waals surface area (Å²) in [6.45, 7) is 4.16. The Morgan fingerprint density at radius 2 is 1.89 bits per heavy atom. The molecule has 148 valence electrons. The first kappa shape index (κ1) is 19.5. The molecule has 2 saturated heterocycles. The van der Waals surface area contributed by atoms with E-state index in [2.05, 4.69) is 0 Å². The third-order valence-electron chi connectivity index (χ3n) is 6.25. The molecule has 2 fully saturated rings. The largest absolute Gasteiger partial charge is 0.469 e. The monoisotopic (exact) mass is 379 g/mol. The lowest BCUT2D eigenvalue weighted by Gasteiger charge is -2.46. The van der Waals surface area contributed by atoms with Gasteiger partial charge in [0.25, 0.3) is 0 Å². The van der Waals surface area contributed by atoms with Gasteiger partial charge in [0.15, 0.2) is 5.78 Å². The minimum atomic E-state index is -1.34. The number of carbonyl (C=O) groups excluding carboxylic acids is 4. The molecule has 8 heteroatoms. The molecule has 3 aliphatic rings. The summed E-state index contributed by atoms with van der Waals surface area (Å²) in [5.74, 6) is -4.06. The van der Waals surface area contributed by atoms with Crippen LogP contribution in [0.4, 0.5) is 0 Å². The van der Waals surface area contributed by atoms with Crippen LogP contribution < -0.4 is 0 Å². The lowest BCUT2D eigenvalue weighted by Crippen LogP contribution is -2.61. The topological polar surface area (TPSA) is 99.2 Å². The van der Waals surface area contributed by atoms with Crippen LogP contribution >= 0.6 is 0 Å². The summed E-state index contributed by atoms with van der Waals surface area (Å²) in [4.78, 5) is 52.2. The zero-order chi connectivity index (χ0) is 19.9. The number of hydrogen-bond acceptors (Lipinski definition) is 8. The van der Waals surface area contributed by atoms with E-state index in [1.807, 2.05) is 6.92 Å². The van der Waals surface area contributed by atoms with Gasteiger partial charge in [-0.3, -0.25) is 24.1 Å². The number of esters is 3. The zero-order valence-electron chi connectivity index (χ0n) is 16.0. The maximum Gasteiger partial charge on any atom is 0.327 e. The molecule has 0 bridgehead atoms. The molecule has 0 saturated carbocycles. The quantitative estimate of drug-likeness (QED) is 0.510. The molecular formula is C19H25NO7. The van der Waals surface area contributed by atoms with Crippen LogP contribution in [0.2, 0.25) is 0 Å². The lowest BCUT2D eigenvalue weighted by molar-refractivity contribution is -0.171. The molecule has 0 aromatic rings. The molecule has 5 atom stereocenters. The second-order valence-electron chi connectivity index (χ2n) is 7.38. The Hall–Kier alpha value is -2.22. The fraction of sp³-hybridized carbons (Fsp3) is 0.684. The first-order chi connectivity index (χ1) is 12.8. The van der Waals surface area contributed by atoms with Gasteiger partial charge < -0.3 is 14.2 Å². The van der Waals surface area contributed by atoms with Crippen LogP contribution in [0.3, 0.4) is 0 Å². The van der Waals surface area contributed by atoms with Crippen LogP contribution in [0.15, 0.2) is 11.6 Å². The van der Waals surface area contributed by atoms with E-state index in [1.165, 1.54) is 14.2 Å². The first-order valence-corrected chi connectivity index (χ1v) is 9.14. The number of fused-ring (bicyclic) bond motifs is 2. The fourth-order valence-electron chi connectivity index (χ4n) is 4.91. The molecule has 2 aliphatic heterocycles. The summed E-state index contributed by atoms with van der Waals surface area (Å²) >= 11 is 0. The number of rotatable bonds is 4. The van der Waals surface area contributed by atoms with Gasteiger partial charge >= 0.3 is 17.9 Å². The average Bonchev–Trinajstić information content (AvgIpc) is 3.13. The van der Waals surface area contributed by atoms with E-state index in [9.17, 15) is 19.2 Å². The second kappa shape index (κ2) is 7.07. The zero-order valence-corrected chi connectivity index (χ0v) is 16.0. The number of allylic oxidation sites excluding steroid dienone is 1. The van der Waals surface area contributed by atoms with Crippen molar-refractivity contribution >= 4 is 23.7 Å². The minimum Gasteiger partial charge on any atom is -0.469 e. The van der Waals surface area contributed by atoms with Gasteiger partial charge in [0.1, 0.15) is 11.5 Å². The van der Waals surface area contributed by atoms with Gasteiger partial charge in [-0.25, -0.2) is 0 Å². The highest BCUT2D eigenvalue weighted by atomic mass is 16.5. The SMILES string of the molecule is CCOC(=O)C12CC3C(=CC(=O)C3C)CN1CC(C(=O)OC)C2C(=O)OC. The van der Waals surface area contributed by atoms with E-state index in [0.29, 0.717) is 6.54 Å². The first-order valence-electron chi connectivity index (χ1n) is 9.14. The number of hydrogen-bond donors (Lipinski definition) is 0. The van der Waals surface area contributed by atoms with E-state index in [4.69, 9.17) is 14.2 Å². The molecule has 3 rings (SSSR count). The number of ketones is 1. The van der Waals surface area contributed by atoms with Gasteiger partial charge in [0, 0.05) is 19.0 Å². The summed E-state index contributed by atoms with van der Waals surface area (Å²) in [6, 6.07) is 0. The summed E-state index contributed by atoms with van der Waals surface area (Å²) in [5.41, 5.74) is -0.412. The van der Waals surface area contributed by atoms with Crippen molar-refractivity contribution in [1.82, 2.24) is 4.90 Å². The van der Waals surface area contributed by atoms with Gasteiger partial charge in [-0.2, -0.15) is 0 Å². The van der Waals surface area contributed by atoms with E-state index < -0.39 is 35.3 Å². The van der Waals surface area contributed by atoms with Crippen molar-refractivity contribution in [3.05, 3.63) is 11.6 Å². The van der Waals surface area contributed by atoms with Crippen molar-refractivity contribution in [1.29, 1.82) is 0 Å². The summed E-state index contributed by atoms with van der Waals surface area (Å²) in [6.07, 6.45) is 1.86. The third-order valence-corrected chi connectivity index (χ3v) is 6.25. The van der Waals surface area contributed by atoms with E-state index in [0.717, 1.165) is 5.57 Å². The van der Waals surface area contributed by atoms with Gasteiger partial charge in [0.2, 0.25) is 0 Å². The average molecular weight is 379 g/mol. The summed E-state index contributed by atoms with van der Waals surface area (Å²) in [7, 11) is 2.48. The summed E-state index contributed by atoms with van der Waals surface area (Å²) < 4.78 is 15.2. The molecule has 0 N–H and O–H groups in total. The molecule has 5 unspecified atom stereocenters. The number of carbonyl (C=O) groups is 4. The molecule has 0 aromatic heterocycles. The molecule has 0 spiro atoms. The van der Waals surface area contributed by atoms with E-state index >= 15 is 0 Å². The Kier molecular flexibility index (Phi) is 5.12. The minimum absolute atomic E-state index is 0.0225. The molecular weight excluding hydrogens is 354 g/mol. The Morgan fingerprint density at radius 1 is 1.22 bits per heavy atom. The molecule has 27 heavy (non-hydrogen) atoms. The third kappa shape index (κ3) is 2.77. The maximum absolute atomic E-state index is 13.1. The van der Waals surface area contributed by atoms with Crippen molar-refractivity contribution in [2.75, 3.05) is 33.9 Å². The molecule has 0 amide bonds. The van der Waals surface area contributed by atoms with Crippen LogP contribution in [-0.2, 0) is 33.4 Å². The molecule has 0 radical (unpaired) electrons. The lowest BCUT2D eigenvalue weighted by atomic mass is 9.69. The number of ether oxygens (including phenoxy) is 3. The number of piperidine rings is 1. The fourth-order valence-corrected chi connectivity index (χ4v) is 4.91. The van der Waals surface area contributed by atoms with Crippen LogP contribution in [0, 0.1) is 23.7 Å². The maximum atomic E-state index is 13.1. The van der Waals surface area contributed by atoms with Crippen LogP contribution in [0.1, 0.15) is 20.3 Å². The van der Waals surface area contributed by atoms with Crippen molar-refractivity contribution in [2.45, 2.75) is 25.8 Å². The molecule has 1 aliphatic carbocycles. The van der Waals surface area contributed by atoms with Gasteiger partial charge in [0.05, 0.1) is 26.7 Å². The Morgan fingerprint density at radius 3 is 2.48 bits per heavy atom. The number of methoxy groups -OCH3 is 2. The molecule has 8 nitrogen and oxygen atoms in total.